The molecule has 1 fully saturated rings. The van der Waals surface area contributed by atoms with Gasteiger partial charge in [-0.05, 0) is 37.0 Å². The molecule has 1 saturated carbocycles. The Morgan fingerprint density at radius 1 is 1.17 bits per heavy atom. The third-order valence-electron chi connectivity index (χ3n) is 4.07. The van der Waals surface area contributed by atoms with E-state index in [4.69, 9.17) is 5.11 Å². The predicted molar refractivity (Wildman–Crippen MR) is 77.0 cm³/mol. The number of carboxylic acid groups (broad SMARTS) is 1. The Labute approximate surface area is 131 Å². The van der Waals surface area contributed by atoms with Crippen molar-refractivity contribution in [3.05, 3.63) is 35.4 Å². The highest BCUT2D eigenvalue weighted by Crippen LogP contribution is 2.37. The lowest BCUT2D eigenvalue weighted by Gasteiger charge is -2.31. The van der Waals surface area contributed by atoms with Gasteiger partial charge in [-0.15, -0.1) is 0 Å². The Hall–Kier alpha value is -2.05. The van der Waals surface area contributed by atoms with E-state index >= 15 is 0 Å². The van der Waals surface area contributed by atoms with E-state index in [1.807, 2.05) is 0 Å². The first kappa shape index (κ1) is 17.3. The lowest BCUT2D eigenvalue weighted by atomic mass is 9.85. The first-order valence-corrected chi connectivity index (χ1v) is 7.44. The van der Waals surface area contributed by atoms with E-state index in [0.717, 1.165) is 0 Å². The zero-order valence-corrected chi connectivity index (χ0v) is 12.4. The molecule has 1 amide bonds. The summed E-state index contributed by atoms with van der Waals surface area (Å²) in [5, 5.41) is 11.4. The quantitative estimate of drug-likeness (QED) is 0.892. The topological polar surface area (TPSA) is 66.4 Å². The molecule has 0 radical (unpaired) electrons. The molecule has 2 unspecified atom stereocenters. The molecule has 2 N–H and O–H groups in total. The van der Waals surface area contributed by atoms with E-state index in [2.05, 4.69) is 5.32 Å². The van der Waals surface area contributed by atoms with Crippen LogP contribution in [0.2, 0.25) is 0 Å². The first-order valence-electron chi connectivity index (χ1n) is 7.44. The lowest BCUT2D eigenvalue weighted by Crippen LogP contribution is -2.42. The van der Waals surface area contributed by atoms with Gasteiger partial charge in [-0.3, -0.25) is 4.79 Å². The van der Waals surface area contributed by atoms with Crippen LogP contribution in [0.3, 0.4) is 0 Å². The summed E-state index contributed by atoms with van der Waals surface area (Å²) in [6.07, 6.45) is -3.15. The van der Waals surface area contributed by atoms with Crippen molar-refractivity contribution in [2.24, 2.45) is 5.92 Å². The average molecular weight is 329 g/mol. The van der Waals surface area contributed by atoms with E-state index in [0.29, 0.717) is 18.4 Å². The van der Waals surface area contributed by atoms with Crippen LogP contribution in [-0.4, -0.2) is 29.2 Å². The number of alkyl halides is 3. The number of carboxylic acids is 1. The van der Waals surface area contributed by atoms with Crippen molar-refractivity contribution in [1.29, 1.82) is 0 Å². The predicted octanol–water partition coefficient (Wildman–Crippen LogP) is 3.16. The number of halogens is 3. The maximum atomic E-state index is 12.7. The van der Waals surface area contributed by atoms with E-state index < -0.39 is 24.1 Å². The Bertz CT molecular complexity index is 569. The van der Waals surface area contributed by atoms with Gasteiger partial charge in [0.05, 0.1) is 17.9 Å². The van der Waals surface area contributed by atoms with Gasteiger partial charge in [0.15, 0.2) is 0 Å². The number of aromatic carboxylic acids is 1. The van der Waals surface area contributed by atoms with Gasteiger partial charge in [0, 0.05) is 6.04 Å². The second-order valence-electron chi connectivity index (χ2n) is 5.85. The average Bonchev–Trinajstić information content (AvgIpc) is 2.47. The van der Waals surface area contributed by atoms with Crippen LogP contribution in [-0.2, 0) is 11.2 Å². The molecule has 0 saturated heterocycles. The summed E-state index contributed by atoms with van der Waals surface area (Å²) in [6.45, 7) is 0. The minimum absolute atomic E-state index is 0.0209. The Kier molecular flexibility index (Phi) is 5.28. The number of amides is 1. The van der Waals surface area contributed by atoms with Crippen molar-refractivity contribution in [3.8, 4) is 0 Å². The van der Waals surface area contributed by atoms with Crippen LogP contribution in [0.15, 0.2) is 24.3 Å². The smallest absolute Gasteiger partial charge is 0.391 e. The molecular weight excluding hydrogens is 311 g/mol. The molecule has 0 aromatic heterocycles. The van der Waals surface area contributed by atoms with Gasteiger partial charge in [0.1, 0.15) is 0 Å². The van der Waals surface area contributed by atoms with Crippen LogP contribution in [0, 0.1) is 5.92 Å². The van der Waals surface area contributed by atoms with Crippen LogP contribution in [0.4, 0.5) is 13.2 Å². The molecule has 4 nitrogen and oxygen atoms in total. The molecule has 0 heterocycles. The molecule has 1 aromatic rings. The van der Waals surface area contributed by atoms with Gasteiger partial charge < -0.3 is 10.4 Å². The summed E-state index contributed by atoms with van der Waals surface area (Å²) in [5.41, 5.74) is 0.741. The second kappa shape index (κ2) is 7.02. The van der Waals surface area contributed by atoms with Crippen LogP contribution in [0.1, 0.15) is 41.6 Å². The van der Waals surface area contributed by atoms with Gasteiger partial charge in [-0.25, -0.2) is 4.79 Å². The SMILES string of the molecule is O=C(Cc1ccc(C(=O)O)cc1)NC1CCCC(C(F)(F)F)C1. The molecule has 1 aliphatic carbocycles. The van der Waals surface area contributed by atoms with Crippen molar-refractivity contribution in [2.45, 2.75) is 44.3 Å². The molecule has 2 atom stereocenters. The highest BCUT2D eigenvalue weighted by Gasteiger charge is 2.42. The van der Waals surface area contributed by atoms with Crippen molar-refractivity contribution in [1.82, 2.24) is 5.32 Å². The molecule has 0 aliphatic heterocycles. The largest absolute Gasteiger partial charge is 0.478 e. The molecule has 126 valence electrons. The fraction of sp³-hybridized carbons (Fsp3) is 0.500. The van der Waals surface area contributed by atoms with E-state index in [1.165, 1.54) is 24.3 Å². The number of carbonyl (C=O) groups is 2. The van der Waals surface area contributed by atoms with Crippen molar-refractivity contribution in [3.63, 3.8) is 0 Å². The summed E-state index contributed by atoms with van der Waals surface area (Å²) >= 11 is 0. The Morgan fingerprint density at radius 2 is 1.83 bits per heavy atom. The van der Waals surface area contributed by atoms with Crippen molar-refractivity contribution >= 4 is 11.9 Å². The fourth-order valence-electron chi connectivity index (χ4n) is 2.85. The monoisotopic (exact) mass is 329 g/mol. The number of carbonyl (C=O) groups excluding carboxylic acids is 1. The highest BCUT2D eigenvalue weighted by molar-refractivity contribution is 5.87. The van der Waals surface area contributed by atoms with E-state index in [-0.39, 0.29) is 30.7 Å². The Balaban J connectivity index is 1.88. The van der Waals surface area contributed by atoms with Crippen LogP contribution < -0.4 is 5.32 Å². The Morgan fingerprint density at radius 3 is 2.39 bits per heavy atom. The molecule has 7 heteroatoms. The molecule has 1 aromatic carbocycles. The van der Waals surface area contributed by atoms with E-state index in [9.17, 15) is 22.8 Å². The van der Waals surface area contributed by atoms with Gasteiger partial charge in [-0.1, -0.05) is 18.6 Å². The van der Waals surface area contributed by atoms with Crippen LogP contribution in [0.25, 0.3) is 0 Å². The number of hydrogen-bond donors (Lipinski definition) is 2. The van der Waals surface area contributed by atoms with Gasteiger partial charge in [0.2, 0.25) is 5.91 Å². The minimum Gasteiger partial charge on any atom is -0.478 e. The van der Waals surface area contributed by atoms with E-state index in [1.54, 1.807) is 0 Å². The number of hydrogen-bond acceptors (Lipinski definition) is 2. The number of rotatable bonds is 4. The number of benzene rings is 1. The standard InChI is InChI=1S/C16H18F3NO3/c17-16(18,19)12-2-1-3-13(9-12)20-14(21)8-10-4-6-11(7-5-10)15(22)23/h4-7,12-13H,1-3,8-9H2,(H,20,21)(H,22,23). The maximum Gasteiger partial charge on any atom is 0.391 e. The van der Waals surface area contributed by atoms with Gasteiger partial charge in [-0.2, -0.15) is 13.2 Å². The summed E-state index contributed by atoms with van der Waals surface area (Å²) in [7, 11) is 0. The molecule has 0 spiro atoms. The summed E-state index contributed by atoms with van der Waals surface area (Å²) in [5.74, 6) is -2.75. The fourth-order valence-corrected chi connectivity index (χ4v) is 2.85. The normalized spacial score (nSPS) is 21.7. The van der Waals surface area contributed by atoms with Gasteiger partial charge >= 0.3 is 12.1 Å². The summed E-state index contributed by atoms with van der Waals surface area (Å²) < 4.78 is 38.2. The third kappa shape index (κ3) is 4.97. The molecule has 2 rings (SSSR count). The van der Waals surface area contributed by atoms with Crippen LogP contribution in [0.5, 0.6) is 0 Å². The molecule has 0 bridgehead atoms. The minimum atomic E-state index is -4.21. The lowest BCUT2D eigenvalue weighted by molar-refractivity contribution is -0.184. The zero-order chi connectivity index (χ0) is 17.0. The third-order valence-corrected chi connectivity index (χ3v) is 4.07. The zero-order valence-electron chi connectivity index (χ0n) is 12.4. The van der Waals surface area contributed by atoms with Crippen molar-refractivity contribution < 1.29 is 27.9 Å². The first-order chi connectivity index (χ1) is 10.8. The second-order valence-corrected chi connectivity index (χ2v) is 5.85. The molecule has 23 heavy (non-hydrogen) atoms. The summed E-state index contributed by atoms with van der Waals surface area (Å²) in [4.78, 5) is 22.7. The highest BCUT2D eigenvalue weighted by atomic mass is 19.4. The number of nitrogens with one attached hydrogen (secondary N) is 1. The molecular formula is C16H18F3NO3. The van der Waals surface area contributed by atoms with Crippen molar-refractivity contribution in [2.75, 3.05) is 0 Å². The summed E-state index contributed by atoms with van der Waals surface area (Å²) in [6, 6.07) is 5.39. The maximum absolute atomic E-state index is 12.7. The van der Waals surface area contributed by atoms with Crippen LogP contribution >= 0.6 is 0 Å². The van der Waals surface area contributed by atoms with Gasteiger partial charge in [0.25, 0.3) is 0 Å². The molecule has 1 aliphatic rings.